The molecule has 1 aliphatic rings. The Morgan fingerprint density at radius 2 is 2.16 bits per heavy atom. The zero-order valence-corrected chi connectivity index (χ0v) is 12.3. The zero-order chi connectivity index (χ0) is 13.8. The Morgan fingerprint density at radius 3 is 2.89 bits per heavy atom. The van der Waals surface area contributed by atoms with E-state index < -0.39 is 0 Å². The molecule has 1 aliphatic carbocycles. The van der Waals surface area contributed by atoms with E-state index in [9.17, 15) is 4.79 Å². The molecule has 1 N–H and O–H groups in total. The third-order valence-electron chi connectivity index (χ3n) is 3.36. The van der Waals surface area contributed by atoms with Crippen LogP contribution < -0.4 is 5.43 Å². The molecule has 0 radical (unpaired) electrons. The van der Waals surface area contributed by atoms with Gasteiger partial charge in [-0.15, -0.1) is 0 Å². The molecule has 0 aromatic heterocycles. The molecule has 0 unspecified atom stereocenters. The van der Waals surface area contributed by atoms with E-state index in [-0.39, 0.29) is 5.91 Å². The quantitative estimate of drug-likeness (QED) is 0.813. The van der Waals surface area contributed by atoms with E-state index in [1.54, 1.807) is 18.2 Å². The van der Waals surface area contributed by atoms with E-state index in [4.69, 9.17) is 23.2 Å². The zero-order valence-electron chi connectivity index (χ0n) is 10.7. The van der Waals surface area contributed by atoms with Crippen molar-refractivity contribution in [3.63, 3.8) is 0 Å². The van der Waals surface area contributed by atoms with Crippen LogP contribution >= 0.6 is 23.2 Å². The van der Waals surface area contributed by atoms with Crippen LogP contribution in [-0.4, -0.2) is 11.6 Å². The molecule has 0 saturated heterocycles. The van der Waals surface area contributed by atoms with Gasteiger partial charge in [0, 0.05) is 10.7 Å². The van der Waals surface area contributed by atoms with E-state index in [1.165, 1.54) is 6.42 Å². The van der Waals surface area contributed by atoms with Crippen molar-refractivity contribution >= 4 is 34.8 Å². The third kappa shape index (κ3) is 3.71. The Hall–Kier alpha value is -1.06. The predicted octanol–water partition coefficient (Wildman–Crippen LogP) is 4.29. The molecule has 2 rings (SSSR count). The van der Waals surface area contributed by atoms with Crippen LogP contribution in [0.4, 0.5) is 0 Å². The number of nitrogens with zero attached hydrogens (tertiary/aromatic N) is 1. The van der Waals surface area contributed by atoms with Gasteiger partial charge in [0.15, 0.2) is 0 Å². The molecule has 1 atom stereocenters. The minimum Gasteiger partial charge on any atom is -0.267 e. The van der Waals surface area contributed by atoms with Crippen LogP contribution in [0.1, 0.15) is 43.0 Å². The van der Waals surface area contributed by atoms with E-state index in [0.29, 0.717) is 21.5 Å². The van der Waals surface area contributed by atoms with Crippen LogP contribution in [0.25, 0.3) is 0 Å². The SMILES string of the molecule is C[C@@H]1CCCC/C1=N/NC(=O)c1cc(Cl)ccc1Cl. The standard InChI is InChI=1S/C14H16Cl2N2O/c1-9-4-2-3-5-13(9)17-18-14(19)11-8-10(15)6-7-12(11)16/h6-9H,2-5H2,1H3,(H,18,19)/b17-13-/t9-/m1/s1. The number of rotatable bonds is 2. The third-order valence-corrected chi connectivity index (χ3v) is 3.93. The van der Waals surface area contributed by atoms with Crippen LogP contribution in [0.5, 0.6) is 0 Å². The van der Waals surface area contributed by atoms with Crippen LogP contribution in [0.2, 0.25) is 10.0 Å². The second kappa shape index (κ2) is 6.40. The van der Waals surface area contributed by atoms with Gasteiger partial charge in [-0.1, -0.05) is 36.5 Å². The maximum Gasteiger partial charge on any atom is 0.272 e. The number of hydrogen-bond donors (Lipinski definition) is 1. The van der Waals surface area contributed by atoms with Crippen molar-refractivity contribution in [2.75, 3.05) is 0 Å². The van der Waals surface area contributed by atoms with Crippen LogP contribution in [-0.2, 0) is 0 Å². The number of carbonyl (C=O) groups excluding carboxylic acids is 1. The van der Waals surface area contributed by atoms with Gasteiger partial charge in [0.25, 0.3) is 5.91 Å². The molecule has 1 fully saturated rings. The van der Waals surface area contributed by atoms with Crippen LogP contribution in [0, 0.1) is 5.92 Å². The highest BCUT2D eigenvalue weighted by Crippen LogP contribution is 2.22. The smallest absolute Gasteiger partial charge is 0.267 e. The summed E-state index contributed by atoms with van der Waals surface area (Å²) in [5.74, 6) is 0.113. The normalized spacial score (nSPS) is 21.4. The fourth-order valence-electron chi connectivity index (χ4n) is 2.19. The highest BCUT2D eigenvalue weighted by molar-refractivity contribution is 6.35. The summed E-state index contributed by atoms with van der Waals surface area (Å²) in [5, 5.41) is 5.08. The first-order valence-corrected chi connectivity index (χ1v) is 7.15. The number of carbonyl (C=O) groups is 1. The number of hydrazone groups is 1. The van der Waals surface area contributed by atoms with Crippen LogP contribution in [0.3, 0.4) is 0 Å². The largest absolute Gasteiger partial charge is 0.272 e. The first kappa shape index (κ1) is 14.4. The average molecular weight is 299 g/mol. The predicted molar refractivity (Wildman–Crippen MR) is 79.0 cm³/mol. The molecule has 5 heteroatoms. The van der Waals surface area contributed by atoms with Crippen molar-refractivity contribution < 1.29 is 4.79 Å². The molecule has 1 aromatic carbocycles. The molecule has 1 amide bonds. The summed E-state index contributed by atoms with van der Waals surface area (Å²) in [6, 6.07) is 4.80. The molecule has 3 nitrogen and oxygen atoms in total. The summed E-state index contributed by atoms with van der Waals surface area (Å²) < 4.78 is 0. The second-order valence-corrected chi connectivity index (χ2v) is 5.66. The van der Waals surface area contributed by atoms with Gasteiger partial charge < -0.3 is 0 Å². The van der Waals surface area contributed by atoms with Crippen molar-refractivity contribution in [3.05, 3.63) is 33.8 Å². The Kier molecular flexibility index (Phi) is 4.83. The Balaban J connectivity index is 2.08. The van der Waals surface area contributed by atoms with Gasteiger partial charge in [-0.25, -0.2) is 5.43 Å². The van der Waals surface area contributed by atoms with E-state index >= 15 is 0 Å². The van der Waals surface area contributed by atoms with Crippen molar-refractivity contribution in [1.82, 2.24) is 5.43 Å². The number of nitrogens with one attached hydrogen (secondary N) is 1. The summed E-state index contributed by atoms with van der Waals surface area (Å²) in [4.78, 5) is 12.0. The average Bonchev–Trinajstić information content (AvgIpc) is 2.40. The van der Waals surface area contributed by atoms with Gasteiger partial charge in [-0.2, -0.15) is 5.10 Å². The molecule has 0 spiro atoms. The first-order valence-electron chi connectivity index (χ1n) is 6.40. The highest BCUT2D eigenvalue weighted by Gasteiger charge is 2.17. The molecule has 19 heavy (non-hydrogen) atoms. The first-order chi connectivity index (χ1) is 9.08. The summed E-state index contributed by atoms with van der Waals surface area (Å²) >= 11 is 11.8. The summed E-state index contributed by atoms with van der Waals surface area (Å²) in [7, 11) is 0. The van der Waals surface area contributed by atoms with Gasteiger partial charge in [0.2, 0.25) is 0 Å². The Labute approximate surface area is 123 Å². The lowest BCUT2D eigenvalue weighted by Crippen LogP contribution is -2.24. The highest BCUT2D eigenvalue weighted by atomic mass is 35.5. The molecule has 0 bridgehead atoms. The van der Waals surface area contributed by atoms with Gasteiger partial charge >= 0.3 is 0 Å². The molecule has 0 aliphatic heterocycles. The second-order valence-electron chi connectivity index (χ2n) is 4.82. The Morgan fingerprint density at radius 1 is 1.37 bits per heavy atom. The van der Waals surface area contributed by atoms with Crippen molar-refractivity contribution in [1.29, 1.82) is 0 Å². The molecule has 1 aromatic rings. The monoisotopic (exact) mass is 298 g/mol. The van der Waals surface area contributed by atoms with Crippen LogP contribution in [0.15, 0.2) is 23.3 Å². The number of amides is 1. The van der Waals surface area contributed by atoms with Crippen molar-refractivity contribution in [2.24, 2.45) is 11.0 Å². The van der Waals surface area contributed by atoms with E-state index in [1.807, 2.05) is 0 Å². The lowest BCUT2D eigenvalue weighted by molar-refractivity contribution is 0.0954. The topological polar surface area (TPSA) is 41.5 Å². The molecular weight excluding hydrogens is 283 g/mol. The maximum absolute atomic E-state index is 12.0. The van der Waals surface area contributed by atoms with Gasteiger partial charge in [-0.05, 0) is 43.4 Å². The minimum atomic E-state index is -0.322. The lowest BCUT2D eigenvalue weighted by atomic mass is 9.89. The summed E-state index contributed by atoms with van der Waals surface area (Å²) in [5.41, 5.74) is 3.98. The Bertz CT molecular complexity index is 514. The van der Waals surface area contributed by atoms with Crippen molar-refractivity contribution in [2.45, 2.75) is 32.6 Å². The fourth-order valence-corrected chi connectivity index (χ4v) is 2.57. The van der Waals surface area contributed by atoms with Crippen molar-refractivity contribution in [3.8, 4) is 0 Å². The van der Waals surface area contributed by atoms with E-state index in [0.717, 1.165) is 25.0 Å². The minimum absolute atomic E-state index is 0.322. The fraction of sp³-hybridized carbons (Fsp3) is 0.429. The molecule has 0 heterocycles. The molecule has 1 saturated carbocycles. The summed E-state index contributed by atoms with van der Waals surface area (Å²) in [6.07, 6.45) is 4.45. The molecular formula is C14H16Cl2N2O. The van der Waals surface area contributed by atoms with E-state index in [2.05, 4.69) is 17.5 Å². The number of benzene rings is 1. The van der Waals surface area contributed by atoms with Gasteiger partial charge in [0.05, 0.1) is 10.6 Å². The lowest BCUT2D eigenvalue weighted by Gasteiger charge is -2.19. The number of hydrogen-bond acceptors (Lipinski definition) is 2. The van der Waals surface area contributed by atoms with Gasteiger partial charge in [-0.3, -0.25) is 4.79 Å². The maximum atomic E-state index is 12.0. The summed E-state index contributed by atoms with van der Waals surface area (Å²) in [6.45, 7) is 2.14. The molecule has 102 valence electrons. The van der Waals surface area contributed by atoms with Gasteiger partial charge in [0.1, 0.15) is 0 Å². The number of halogens is 2.